The van der Waals surface area contributed by atoms with E-state index in [1.165, 1.54) is 6.92 Å². The second kappa shape index (κ2) is 3.57. The zero-order valence-electron chi connectivity index (χ0n) is 8.58. The van der Waals surface area contributed by atoms with Crippen molar-refractivity contribution in [2.45, 2.75) is 18.7 Å². The second-order valence-corrected chi connectivity index (χ2v) is 5.20. The Morgan fingerprint density at radius 3 is 2.62 bits per heavy atom. The van der Waals surface area contributed by atoms with E-state index in [9.17, 15) is 17.8 Å². The van der Waals surface area contributed by atoms with Crippen LogP contribution in [0.5, 0.6) is 0 Å². The third kappa shape index (κ3) is 1.70. The van der Waals surface area contributed by atoms with Gasteiger partial charge in [-0.05, 0) is 11.6 Å². The Morgan fingerprint density at radius 1 is 1.44 bits per heavy atom. The number of fused-ring (bicyclic) bond motifs is 1. The third-order valence-electron chi connectivity index (χ3n) is 2.61. The van der Waals surface area contributed by atoms with E-state index < -0.39 is 21.4 Å². The third-order valence-corrected chi connectivity index (χ3v) is 3.65. The molecule has 1 aliphatic rings. The Balaban J connectivity index is 2.54. The number of para-hydroxylation sites is 1. The lowest BCUT2D eigenvalue weighted by Crippen LogP contribution is -2.41. The number of carbonyl (C=O) groups excluding carboxylic acids is 1. The summed E-state index contributed by atoms with van der Waals surface area (Å²) in [7, 11) is -4.51. The SMILES string of the molecule is CC(=O)N1c2ccccc2C[C@@H]1S(=O)(=O)[O-]. The van der Waals surface area contributed by atoms with E-state index >= 15 is 0 Å². The maximum Gasteiger partial charge on any atom is 0.224 e. The molecule has 86 valence electrons. The zero-order chi connectivity index (χ0) is 11.9. The minimum atomic E-state index is -4.51. The summed E-state index contributed by atoms with van der Waals surface area (Å²) < 4.78 is 33.2. The first-order valence-electron chi connectivity index (χ1n) is 4.73. The molecule has 0 radical (unpaired) electrons. The molecule has 0 saturated carbocycles. The van der Waals surface area contributed by atoms with Crippen LogP contribution in [0.25, 0.3) is 0 Å². The zero-order valence-corrected chi connectivity index (χ0v) is 9.40. The molecule has 1 atom stereocenters. The molecule has 0 bridgehead atoms. The van der Waals surface area contributed by atoms with Crippen LogP contribution in [0.1, 0.15) is 12.5 Å². The average Bonchev–Trinajstić information content (AvgIpc) is 2.55. The fourth-order valence-corrected chi connectivity index (χ4v) is 2.86. The number of carbonyl (C=O) groups is 1. The van der Waals surface area contributed by atoms with Crippen molar-refractivity contribution < 1.29 is 17.8 Å². The first-order chi connectivity index (χ1) is 7.41. The molecule has 0 fully saturated rings. The minimum absolute atomic E-state index is 0.0710. The molecule has 0 saturated heterocycles. The van der Waals surface area contributed by atoms with Crippen molar-refractivity contribution in [3.63, 3.8) is 0 Å². The summed E-state index contributed by atoms with van der Waals surface area (Å²) in [4.78, 5) is 12.4. The Morgan fingerprint density at radius 2 is 2.06 bits per heavy atom. The highest BCUT2D eigenvalue weighted by atomic mass is 32.2. The number of hydrogen-bond donors (Lipinski definition) is 0. The predicted octanol–water partition coefficient (Wildman–Crippen LogP) is 0.467. The van der Waals surface area contributed by atoms with Crippen molar-refractivity contribution in [2.75, 3.05) is 4.90 Å². The predicted molar refractivity (Wildman–Crippen MR) is 56.8 cm³/mol. The number of amides is 1. The first kappa shape index (κ1) is 11.1. The van der Waals surface area contributed by atoms with Gasteiger partial charge in [-0.3, -0.25) is 9.69 Å². The standard InChI is InChI=1S/C10H11NO4S/c1-7(12)11-9-5-3-2-4-8(9)6-10(11)16(13,14)15/h2-5,10H,6H2,1H3,(H,13,14,15)/p-1/t10-/m0/s1. The number of hydrogen-bond acceptors (Lipinski definition) is 4. The molecule has 0 spiro atoms. The highest BCUT2D eigenvalue weighted by molar-refractivity contribution is 7.86. The van der Waals surface area contributed by atoms with Gasteiger partial charge in [0.1, 0.15) is 15.5 Å². The van der Waals surface area contributed by atoms with E-state index in [1.807, 2.05) is 0 Å². The van der Waals surface area contributed by atoms with Gasteiger partial charge in [0.25, 0.3) is 0 Å². The maximum atomic E-state index is 11.4. The van der Waals surface area contributed by atoms with E-state index in [0.717, 1.165) is 4.90 Å². The molecule has 1 amide bonds. The average molecular weight is 240 g/mol. The summed E-state index contributed by atoms with van der Waals surface area (Å²) in [5.74, 6) is -0.436. The van der Waals surface area contributed by atoms with Gasteiger partial charge < -0.3 is 4.55 Å². The molecule has 0 N–H and O–H groups in total. The van der Waals surface area contributed by atoms with Crippen LogP contribution in [0.2, 0.25) is 0 Å². The summed E-state index contributed by atoms with van der Waals surface area (Å²) in [5.41, 5.74) is 1.22. The van der Waals surface area contributed by atoms with Crippen LogP contribution < -0.4 is 4.90 Å². The molecule has 0 aromatic heterocycles. The summed E-state index contributed by atoms with van der Waals surface area (Å²) in [6, 6.07) is 6.81. The van der Waals surface area contributed by atoms with Gasteiger partial charge >= 0.3 is 0 Å². The van der Waals surface area contributed by atoms with Crippen LogP contribution in [0.15, 0.2) is 24.3 Å². The van der Waals surface area contributed by atoms with Gasteiger partial charge in [-0.15, -0.1) is 0 Å². The van der Waals surface area contributed by atoms with E-state index in [1.54, 1.807) is 24.3 Å². The fourth-order valence-electron chi connectivity index (χ4n) is 1.96. The van der Waals surface area contributed by atoms with Crippen LogP contribution in [0.4, 0.5) is 5.69 Å². The summed E-state index contributed by atoms with van der Waals surface area (Å²) in [6.07, 6.45) is 0.0710. The van der Waals surface area contributed by atoms with Gasteiger partial charge in [0.15, 0.2) is 0 Å². The lowest BCUT2D eigenvalue weighted by Gasteiger charge is -2.26. The maximum absolute atomic E-state index is 11.4. The Kier molecular flexibility index (Phi) is 2.47. The molecular weight excluding hydrogens is 230 g/mol. The molecule has 1 aliphatic heterocycles. The van der Waals surface area contributed by atoms with Gasteiger partial charge in [0, 0.05) is 19.0 Å². The van der Waals surface area contributed by atoms with E-state index in [4.69, 9.17) is 0 Å². The van der Waals surface area contributed by atoms with Gasteiger partial charge in [-0.2, -0.15) is 0 Å². The molecule has 1 aromatic carbocycles. The largest absolute Gasteiger partial charge is 0.746 e. The van der Waals surface area contributed by atoms with Crippen molar-refractivity contribution in [2.24, 2.45) is 0 Å². The summed E-state index contributed by atoms with van der Waals surface area (Å²) in [6.45, 7) is 1.25. The van der Waals surface area contributed by atoms with Crippen LogP contribution in [-0.2, 0) is 21.3 Å². The second-order valence-electron chi connectivity index (χ2n) is 3.67. The molecule has 0 unspecified atom stereocenters. The molecule has 1 heterocycles. The summed E-state index contributed by atoms with van der Waals surface area (Å²) >= 11 is 0. The monoisotopic (exact) mass is 240 g/mol. The molecule has 2 rings (SSSR count). The van der Waals surface area contributed by atoms with Crippen molar-refractivity contribution in [1.29, 1.82) is 0 Å². The van der Waals surface area contributed by atoms with Crippen molar-refractivity contribution in [3.05, 3.63) is 29.8 Å². The topological polar surface area (TPSA) is 77.5 Å². The quantitative estimate of drug-likeness (QED) is 0.668. The first-order valence-corrected chi connectivity index (χ1v) is 6.21. The van der Waals surface area contributed by atoms with E-state index in [-0.39, 0.29) is 6.42 Å². The normalized spacial score (nSPS) is 19.6. The van der Waals surface area contributed by atoms with Crippen LogP contribution in [-0.4, -0.2) is 24.3 Å². The lowest BCUT2D eigenvalue weighted by atomic mass is 10.2. The van der Waals surface area contributed by atoms with Crippen LogP contribution in [0, 0.1) is 0 Å². The number of benzene rings is 1. The molecule has 16 heavy (non-hydrogen) atoms. The van der Waals surface area contributed by atoms with Crippen molar-refractivity contribution in [3.8, 4) is 0 Å². The lowest BCUT2D eigenvalue weighted by molar-refractivity contribution is -0.116. The van der Waals surface area contributed by atoms with Gasteiger partial charge in [0.05, 0.1) is 0 Å². The molecule has 0 aliphatic carbocycles. The van der Waals surface area contributed by atoms with Gasteiger partial charge in [-0.1, -0.05) is 18.2 Å². The summed E-state index contributed by atoms with van der Waals surface area (Å²) in [5, 5.41) is -1.30. The van der Waals surface area contributed by atoms with Crippen LogP contribution in [0.3, 0.4) is 0 Å². The van der Waals surface area contributed by atoms with E-state index in [2.05, 4.69) is 0 Å². The fraction of sp³-hybridized carbons (Fsp3) is 0.300. The smallest absolute Gasteiger partial charge is 0.224 e. The minimum Gasteiger partial charge on any atom is -0.746 e. The Bertz CT molecular complexity index is 538. The highest BCUT2D eigenvalue weighted by Crippen LogP contribution is 2.33. The van der Waals surface area contributed by atoms with Gasteiger partial charge in [0.2, 0.25) is 5.91 Å². The molecular formula is C10H10NO4S-. The van der Waals surface area contributed by atoms with Crippen molar-refractivity contribution >= 4 is 21.7 Å². The van der Waals surface area contributed by atoms with E-state index in [0.29, 0.717) is 11.3 Å². The number of nitrogens with zero attached hydrogens (tertiary/aromatic N) is 1. The Labute approximate surface area is 93.4 Å². The number of rotatable bonds is 1. The molecule has 6 heteroatoms. The van der Waals surface area contributed by atoms with Crippen molar-refractivity contribution in [1.82, 2.24) is 0 Å². The van der Waals surface area contributed by atoms with Crippen LogP contribution >= 0.6 is 0 Å². The number of anilines is 1. The highest BCUT2D eigenvalue weighted by Gasteiger charge is 2.35. The molecule has 5 nitrogen and oxygen atoms in total. The Hall–Kier alpha value is -1.40. The van der Waals surface area contributed by atoms with Gasteiger partial charge in [-0.25, -0.2) is 8.42 Å². The molecule has 1 aromatic rings.